The molecule has 256 valence electrons. The minimum atomic E-state index is -3.50. The van der Waals surface area contributed by atoms with E-state index in [4.69, 9.17) is 9.47 Å². The van der Waals surface area contributed by atoms with Crippen molar-refractivity contribution in [3.63, 3.8) is 0 Å². The van der Waals surface area contributed by atoms with Gasteiger partial charge in [-0.2, -0.15) is 9.78 Å². The lowest BCUT2D eigenvalue weighted by Crippen LogP contribution is -2.45. The normalized spacial score (nSPS) is 25.1. The van der Waals surface area contributed by atoms with Crippen LogP contribution in [0.1, 0.15) is 37.3 Å². The number of aromatic nitrogens is 2. The summed E-state index contributed by atoms with van der Waals surface area (Å²) in [5.41, 5.74) is 0.0796. The molecule has 0 saturated carbocycles. The third-order valence-electron chi connectivity index (χ3n) is 10.6. The number of anilines is 1. The lowest BCUT2D eigenvalue weighted by atomic mass is 9.82. The van der Waals surface area contributed by atoms with E-state index in [-0.39, 0.29) is 43.0 Å². The molecule has 2 amide bonds. The zero-order valence-electron chi connectivity index (χ0n) is 28.1. The van der Waals surface area contributed by atoms with Gasteiger partial charge in [0.25, 0.3) is 11.5 Å². The molecule has 1 spiro atoms. The Morgan fingerprint density at radius 2 is 1.92 bits per heavy atom. The minimum absolute atomic E-state index is 0.0737. The molecule has 3 aliphatic rings. The van der Waals surface area contributed by atoms with E-state index in [2.05, 4.69) is 5.10 Å². The third-order valence-corrected chi connectivity index (χ3v) is 13.1. The maximum atomic E-state index is 16.3. The lowest BCUT2D eigenvalue weighted by Gasteiger charge is -2.31. The molecule has 5 atom stereocenters. The number of aliphatic hydroxyl groups is 1. The number of fused-ring (bicyclic) bond motifs is 3. The number of ether oxygens (including phenoxy) is 2. The molecule has 0 bridgehead atoms. The van der Waals surface area contributed by atoms with Crippen LogP contribution >= 0.6 is 0 Å². The van der Waals surface area contributed by atoms with Crippen molar-refractivity contribution in [2.75, 3.05) is 25.2 Å². The van der Waals surface area contributed by atoms with Gasteiger partial charge in [0.05, 0.1) is 61.8 Å². The number of nitrogens with zero attached hydrogens (tertiary/aromatic N) is 4. The van der Waals surface area contributed by atoms with E-state index in [0.717, 1.165) is 17.4 Å². The molecule has 4 heterocycles. The minimum Gasteiger partial charge on any atom is -0.497 e. The van der Waals surface area contributed by atoms with Crippen LogP contribution < -0.4 is 15.2 Å². The first-order valence-electron chi connectivity index (χ1n) is 16.8. The number of hydrogen-bond donors (Lipinski definition) is 1. The van der Waals surface area contributed by atoms with E-state index in [1.54, 1.807) is 60.5 Å². The Bertz CT molecular complexity index is 2000. The van der Waals surface area contributed by atoms with Gasteiger partial charge in [0.2, 0.25) is 14.3 Å². The van der Waals surface area contributed by atoms with Crippen LogP contribution in [0.2, 0.25) is 18.6 Å². The van der Waals surface area contributed by atoms with E-state index in [1.807, 2.05) is 49.4 Å². The molecule has 2 fully saturated rings. The van der Waals surface area contributed by atoms with E-state index >= 15 is 4.11 Å². The summed E-state index contributed by atoms with van der Waals surface area (Å²) in [5.74, 6) is -0.582. The molecule has 1 N–H and O–H groups in total. The summed E-state index contributed by atoms with van der Waals surface area (Å²) >= 11 is 0. The molecular formula is C37H41FN4O6Si. The molecule has 49 heavy (non-hydrogen) atoms. The molecule has 0 aliphatic carbocycles. The average Bonchev–Trinajstić information content (AvgIpc) is 3.75. The molecule has 3 aromatic carbocycles. The van der Waals surface area contributed by atoms with Gasteiger partial charge in [0.1, 0.15) is 5.75 Å². The number of halogens is 1. The Labute approximate surface area is 285 Å². The monoisotopic (exact) mass is 684 g/mol. The van der Waals surface area contributed by atoms with Crippen LogP contribution in [0.25, 0.3) is 16.5 Å². The Balaban J connectivity index is 1.26. The van der Waals surface area contributed by atoms with Gasteiger partial charge < -0.3 is 28.5 Å². The predicted molar refractivity (Wildman–Crippen MR) is 186 cm³/mol. The van der Waals surface area contributed by atoms with Gasteiger partial charge in [0.15, 0.2) is 5.60 Å². The number of hydrogen-bond acceptors (Lipinski definition) is 7. The van der Waals surface area contributed by atoms with E-state index in [0.29, 0.717) is 41.0 Å². The van der Waals surface area contributed by atoms with Crippen LogP contribution in [0.4, 0.5) is 9.80 Å². The number of methoxy groups -OCH3 is 1. The third kappa shape index (κ3) is 5.46. The second kappa shape index (κ2) is 12.5. The fraction of sp³-hybridized carbons (Fsp3) is 0.405. The van der Waals surface area contributed by atoms with E-state index in [9.17, 15) is 19.5 Å². The second-order valence-corrected chi connectivity index (χ2v) is 17.7. The van der Waals surface area contributed by atoms with Gasteiger partial charge >= 0.3 is 0 Å². The largest absolute Gasteiger partial charge is 0.497 e. The summed E-state index contributed by atoms with van der Waals surface area (Å²) in [6.45, 7) is 5.64. The van der Waals surface area contributed by atoms with Crippen molar-refractivity contribution >= 4 is 36.7 Å². The van der Waals surface area contributed by atoms with Crippen LogP contribution in [0.15, 0.2) is 77.7 Å². The van der Waals surface area contributed by atoms with Gasteiger partial charge in [-0.3, -0.25) is 14.4 Å². The maximum Gasteiger partial charge on any atom is 0.279 e. The van der Waals surface area contributed by atoms with Gasteiger partial charge in [-0.15, -0.1) is 0 Å². The summed E-state index contributed by atoms with van der Waals surface area (Å²) in [6, 6.07) is 19.7. The fourth-order valence-corrected chi connectivity index (χ4v) is 10.9. The molecule has 0 unspecified atom stereocenters. The first kappa shape index (κ1) is 33.1. The zero-order chi connectivity index (χ0) is 34.7. The molecule has 0 radical (unpaired) electrons. The van der Waals surface area contributed by atoms with Crippen LogP contribution in [-0.2, 0) is 26.5 Å². The highest BCUT2D eigenvalue weighted by Crippen LogP contribution is 2.60. The predicted octanol–water partition coefficient (Wildman–Crippen LogP) is 5.09. The van der Waals surface area contributed by atoms with Gasteiger partial charge in [-0.25, -0.2) is 0 Å². The van der Waals surface area contributed by atoms with Crippen molar-refractivity contribution < 1.29 is 28.3 Å². The summed E-state index contributed by atoms with van der Waals surface area (Å²) in [7, 11) is -1.95. The Morgan fingerprint density at radius 3 is 2.67 bits per heavy atom. The highest BCUT2D eigenvalue weighted by Gasteiger charge is 2.67. The summed E-state index contributed by atoms with van der Waals surface area (Å²) in [5, 5.41) is 15.6. The maximum absolute atomic E-state index is 16.3. The highest BCUT2D eigenvalue weighted by atomic mass is 28.4. The standard InChI is InChI=1S/C37H41FN4O6Si/c1-23-34(49(3,4)38)32(19-33(44)40-16-8-12-27(40)22-43)48-37(23)30-18-28(47-2)14-15-31(30)41(36(37)46)21-24-9-7-11-26(17-24)42-35(45)29-13-6-5-10-25(29)20-39-42/h5-7,9-11,13-15,17-18,20,23,27,32,34,43H,8,12,16,19,21-22H2,1-4H3/t23-,27-,32+,34-,37+/m0/s1. The lowest BCUT2D eigenvalue weighted by molar-refractivity contribution is -0.150. The molecule has 4 aromatic rings. The summed E-state index contributed by atoms with van der Waals surface area (Å²) in [6.07, 6.45) is 2.26. The Hall–Kier alpha value is -4.39. The molecule has 12 heteroatoms. The highest BCUT2D eigenvalue weighted by molar-refractivity contribution is 6.72. The van der Waals surface area contributed by atoms with E-state index in [1.165, 1.54) is 4.68 Å². The fourth-order valence-electron chi connectivity index (χ4n) is 8.40. The van der Waals surface area contributed by atoms with Crippen molar-refractivity contribution in [2.24, 2.45) is 5.92 Å². The van der Waals surface area contributed by atoms with Crippen molar-refractivity contribution in [2.45, 2.75) is 69.1 Å². The van der Waals surface area contributed by atoms with Crippen LogP contribution in [0.3, 0.4) is 0 Å². The number of rotatable bonds is 8. The molecule has 1 aromatic heterocycles. The number of aliphatic hydroxyl groups excluding tert-OH is 1. The second-order valence-electron chi connectivity index (χ2n) is 13.9. The number of benzene rings is 3. The first-order chi connectivity index (χ1) is 23.5. The Morgan fingerprint density at radius 1 is 1.12 bits per heavy atom. The van der Waals surface area contributed by atoms with Gasteiger partial charge in [-0.1, -0.05) is 37.3 Å². The van der Waals surface area contributed by atoms with Crippen molar-refractivity contribution in [1.82, 2.24) is 14.7 Å². The molecule has 7 rings (SSSR count). The number of carbonyl (C=O) groups excluding carboxylic acids is 2. The molecule has 10 nitrogen and oxygen atoms in total. The van der Waals surface area contributed by atoms with Crippen molar-refractivity contribution in [1.29, 1.82) is 0 Å². The molecule has 3 aliphatic heterocycles. The van der Waals surface area contributed by atoms with Gasteiger partial charge in [0, 0.05) is 29.0 Å². The molecular weight excluding hydrogens is 644 g/mol. The summed E-state index contributed by atoms with van der Waals surface area (Å²) < 4.78 is 30.1. The van der Waals surface area contributed by atoms with Crippen LogP contribution in [0.5, 0.6) is 5.75 Å². The van der Waals surface area contributed by atoms with Crippen molar-refractivity contribution in [3.8, 4) is 11.4 Å². The first-order valence-corrected chi connectivity index (χ1v) is 19.8. The smallest absolute Gasteiger partial charge is 0.279 e. The molecule has 2 saturated heterocycles. The van der Waals surface area contributed by atoms with Crippen molar-refractivity contribution in [3.05, 3.63) is 94.4 Å². The average molecular weight is 685 g/mol. The topological polar surface area (TPSA) is 114 Å². The summed E-state index contributed by atoms with van der Waals surface area (Å²) in [4.78, 5) is 45.2. The van der Waals surface area contributed by atoms with E-state index < -0.39 is 31.6 Å². The Kier molecular flexibility index (Phi) is 8.44. The quantitative estimate of drug-likeness (QED) is 0.203. The number of carbonyl (C=O) groups is 2. The number of amides is 2. The van der Waals surface area contributed by atoms with Gasteiger partial charge in [-0.05, 0) is 67.9 Å². The SMILES string of the molecule is COc1ccc2c(c1)[C@@]1(O[C@H](CC(=O)N3CCC[C@H]3CO)[C@@H]([Si](C)(C)F)[C@@H]1C)C(=O)N2Cc1cccc(-n2ncc3ccccc3c2=O)c1. The van der Waals surface area contributed by atoms with Crippen LogP contribution in [0, 0.1) is 5.92 Å². The number of likely N-dealkylation sites (tertiary alicyclic amines) is 1. The zero-order valence-corrected chi connectivity index (χ0v) is 29.1. The van der Waals surface area contributed by atoms with Crippen LogP contribution in [-0.4, -0.2) is 72.4 Å².